The predicted molar refractivity (Wildman–Crippen MR) is 86.1 cm³/mol. The Morgan fingerprint density at radius 2 is 2.22 bits per heavy atom. The number of hydrogen-bond acceptors (Lipinski definition) is 6. The lowest BCUT2D eigenvalue weighted by Gasteiger charge is -2.17. The summed E-state index contributed by atoms with van der Waals surface area (Å²) in [5.41, 5.74) is 0.869. The second kappa shape index (κ2) is 7.61. The van der Waals surface area contributed by atoms with Crippen molar-refractivity contribution in [3.63, 3.8) is 0 Å². The fourth-order valence-electron chi connectivity index (χ4n) is 2.56. The van der Waals surface area contributed by atoms with E-state index in [1.807, 2.05) is 25.1 Å². The number of nitrogens with one attached hydrogen (secondary N) is 1. The number of amides is 1. The van der Waals surface area contributed by atoms with Crippen LogP contribution in [0.3, 0.4) is 0 Å². The molecule has 7 heteroatoms. The van der Waals surface area contributed by atoms with Crippen molar-refractivity contribution in [3.05, 3.63) is 42.0 Å². The Hall–Kier alpha value is -1.86. The summed E-state index contributed by atoms with van der Waals surface area (Å²) in [6.45, 7) is 3.07. The van der Waals surface area contributed by atoms with Gasteiger partial charge in [0.25, 0.3) is 0 Å². The van der Waals surface area contributed by atoms with E-state index in [2.05, 4.69) is 15.5 Å². The first-order chi connectivity index (χ1) is 11.2. The zero-order valence-electron chi connectivity index (χ0n) is 12.9. The molecule has 23 heavy (non-hydrogen) atoms. The van der Waals surface area contributed by atoms with Gasteiger partial charge in [0.05, 0.1) is 30.7 Å². The number of ether oxygens (including phenoxy) is 1. The van der Waals surface area contributed by atoms with Crippen LogP contribution in [0.1, 0.15) is 11.5 Å². The minimum atomic E-state index is 0.0149. The van der Waals surface area contributed by atoms with Gasteiger partial charge in [-0.15, -0.1) is 11.8 Å². The molecule has 2 aromatic heterocycles. The molecule has 0 spiro atoms. The predicted octanol–water partition coefficient (Wildman–Crippen LogP) is 1.84. The molecule has 2 atom stereocenters. The lowest BCUT2D eigenvalue weighted by Crippen LogP contribution is -2.41. The fourth-order valence-corrected chi connectivity index (χ4v) is 3.26. The van der Waals surface area contributed by atoms with E-state index in [4.69, 9.17) is 9.26 Å². The molecule has 1 amide bonds. The van der Waals surface area contributed by atoms with Gasteiger partial charge >= 0.3 is 0 Å². The van der Waals surface area contributed by atoms with Gasteiger partial charge in [-0.25, -0.2) is 0 Å². The molecule has 122 valence electrons. The summed E-state index contributed by atoms with van der Waals surface area (Å²) in [5.74, 6) is 1.45. The summed E-state index contributed by atoms with van der Waals surface area (Å²) in [5, 5.41) is 6.96. The summed E-state index contributed by atoms with van der Waals surface area (Å²) in [4.78, 5) is 17.1. The Morgan fingerprint density at radius 1 is 1.39 bits per heavy atom. The van der Waals surface area contributed by atoms with Crippen LogP contribution in [-0.2, 0) is 16.0 Å². The standard InChI is InChI=1S/C16H19N3O3S/c1-11-6-13(22-19-11)7-12-8-21-9-15(12)18-16(20)10-23-14-2-4-17-5-3-14/h2-6,12,15H,7-10H2,1H3,(H,18,20)/t12-,15+/m1/s1. The Labute approximate surface area is 139 Å². The average Bonchev–Trinajstić information content (AvgIpc) is 3.16. The number of pyridine rings is 1. The molecular formula is C16H19N3O3S. The molecule has 0 unspecified atom stereocenters. The van der Waals surface area contributed by atoms with Crippen LogP contribution in [0.25, 0.3) is 0 Å². The molecule has 1 N–H and O–H groups in total. The van der Waals surface area contributed by atoms with Gasteiger partial charge in [0.15, 0.2) is 0 Å². The molecule has 3 rings (SSSR count). The van der Waals surface area contributed by atoms with Crippen LogP contribution in [0.5, 0.6) is 0 Å². The largest absolute Gasteiger partial charge is 0.379 e. The van der Waals surface area contributed by atoms with Gasteiger partial charge in [0, 0.05) is 35.7 Å². The normalized spacial score (nSPS) is 20.6. The van der Waals surface area contributed by atoms with Gasteiger partial charge in [-0.2, -0.15) is 0 Å². The van der Waals surface area contributed by atoms with Gasteiger partial charge in [0.2, 0.25) is 5.91 Å². The lowest BCUT2D eigenvalue weighted by molar-refractivity contribution is -0.119. The molecule has 3 heterocycles. The topological polar surface area (TPSA) is 77.2 Å². The van der Waals surface area contributed by atoms with Crippen molar-refractivity contribution in [1.29, 1.82) is 0 Å². The first kappa shape index (κ1) is 16.0. The van der Waals surface area contributed by atoms with Crippen molar-refractivity contribution < 1.29 is 14.1 Å². The second-order valence-electron chi connectivity index (χ2n) is 5.58. The fraction of sp³-hybridized carbons (Fsp3) is 0.438. The highest BCUT2D eigenvalue weighted by molar-refractivity contribution is 8.00. The van der Waals surface area contributed by atoms with Crippen LogP contribution < -0.4 is 5.32 Å². The zero-order valence-corrected chi connectivity index (χ0v) is 13.7. The molecule has 1 saturated heterocycles. The highest BCUT2D eigenvalue weighted by Crippen LogP contribution is 2.21. The molecule has 0 radical (unpaired) electrons. The van der Waals surface area contributed by atoms with Crippen LogP contribution in [0.4, 0.5) is 0 Å². The summed E-state index contributed by atoms with van der Waals surface area (Å²) in [6, 6.07) is 5.74. The number of rotatable bonds is 6. The van der Waals surface area contributed by atoms with E-state index in [0.29, 0.717) is 19.0 Å². The molecule has 1 fully saturated rings. The maximum Gasteiger partial charge on any atom is 0.230 e. The second-order valence-corrected chi connectivity index (χ2v) is 6.63. The Balaban J connectivity index is 1.49. The highest BCUT2D eigenvalue weighted by Gasteiger charge is 2.30. The number of carbonyl (C=O) groups excluding carboxylic acids is 1. The van der Waals surface area contributed by atoms with Crippen LogP contribution in [0.15, 0.2) is 40.0 Å². The molecule has 2 aromatic rings. The third kappa shape index (κ3) is 4.56. The molecule has 0 saturated carbocycles. The number of aryl methyl sites for hydroxylation is 1. The summed E-state index contributed by atoms with van der Waals surface area (Å²) < 4.78 is 10.8. The first-order valence-corrected chi connectivity index (χ1v) is 8.51. The van der Waals surface area contributed by atoms with Crippen molar-refractivity contribution in [2.75, 3.05) is 19.0 Å². The minimum Gasteiger partial charge on any atom is -0.379 e. The lowest BCUT2D eigenvalue weighted by atomic mass is 9.98. The molecule has 0 aliphatic carbocycles. The van der Waals surface area contributed by atoms with Crippen LogP contribution in [0.2, 0.25) is 0 Å². The van der Waals surface area contributed by atoms with E-state index in [9.17, 15) is 4.79 Å². The Kier molecular flexibility index (Phi) is 5.30. The maximum atomic E-state index is 12.1. The minimum absolute atomic E-state index is 0.0149. The average molecular weight is 333 g/mol. The zero-order chi connectivity index (χ0) is 16.1. The highest BCUT2D eigenvalue weighted by atomic mass is 32.2. The van der Waals surface area contributed by atoms with Gasteiger partial charge in [-0.1, -0.05) is 5.16 Å². The number of aromatic nitrogens is 2. The van der Waals surface area contributed by atoms with Gasteiger partial charge < -0.3 is 14.6 Å². The van der Waals surface area contributed by atoms with E-state index in [1.54, 1.807) is 12.4 Å². The van der Waals surface area contributed by atoms with Gasteiger partial charge in [-0.3, -0.25) is 9.78 Å². The van der Waals surface area contributed by atoms with Crippen molar-refractivity contribution in [2.24, 2.45) is 5.92 Å². The van der Waals surface area contributed by atoms with E-state index in [0.717, 1.165) is 22.8 Å². The van der Waals surface area contributed by atoms with Crippen molar-refractivity contribution in [2.45, 2.75) is 24.3 Å². The summed E-state index contributed by atoms with van der Waals surface area (Å²) >= 11 is 1.50. The summed E-state index contributed by atoms with van der Waals surface area (Å²) in [6.07, 6.45) is 4.17. The van der Waals surface area contributed by atoms with Gasteiger partial charge in [0.1, 0.15) is 5.76 Å². The van der Waals surface area contributed by atoms with Crippen molar-refractivity contribution in [3.8, 4) is 0 Å². The van der Waals surface area contributed by atoms with Gasteiger partial charge in [-0.05, 0) is 19.1 Å². The molecular weight excluding hydrogens is 314 g/mol. The van der Waals surface area contributed by atoms with Crippen LogP contribution in [-0.4, -0.2) is 41.1 Å². The van der Waals surface area contributed by atoms with E-state index >= 15 is 0 Å². The Bertz CT molecular complexity index is 647. The van der Waals surface area contributed by atoms with E-state index < -0.39 is 0 Å². The molecule has 6 nitrogen and oxygen atoms in total. The quantitative estimate of drug-likeness (QED) is 0.813. The van der Waals surface area contributed by atoms with E-state index in [-0.39, 0.29) is 17.9 Å². The van der Waals surface area contributed by atoms with Crippen molar-refractivity contribution in [1.82, 2.24) is 15.5 Å². The molecule has 0 bridgehead atoms. The SMILES string of the molecule is Cc1cc(C[C@@H]2COC[C@@H]2NC(=O)CSc2ccncc2)on1. The smallest absolute Gasteiger partial charge is 0.230 e. The maximum absolute atomic E-state index is 12.1. The molecule has 1 aliphatic heterocycles. The van der Waals surface area contributed by atoms with Crippen molar-refractivity contribution >= 4 is 17.7 Å². The number of carbonyl (C=O) groups is 1. The number of thioether (sulfide) groups is 1. The molecule has 1 aliphatic rings. The van der Waals surface area contributed by atoms with E-state index in [1.165, 1.54) is 11.8 Å². The third-order valence-corrected chi connectivity index (χ3v) is 4.72. The third-order valence-electron chi connectivity index (χ3n) is 3.70. The number of nitrogens with zero attached hydrogens (tertiary/aromatic N) is 2. The summed E-state index contributed by atoms with van der Waals surface area (Å²) in [7, 11) is 0. The van der Waals surface area contributed by atoms with Crippen LogP contribution in [0, 0.1) is 12.8 Å². The molecule has 0 aromatic carbocycles. The van der Waals surface area contributed by atoms with Crippen LogP contribution >= 0.6 is 11.8 Å². The first-order valence-electron chi connectivity index (χ1n) is 7.53. The Morgan fingerprint density at radius 3 is 2.96 bits per heavy atom. The number of hydrogen-bond donors (Lipinski definition) is 1. The monoisotopic (exact) mass is 333 g/mol.